The maximum atomic E-state index is 12.5. The van der Waals surface area contributed by atoms with Crippen LogP contribution in [0.4, 0.5) is 0 Å². The van der Waals surface area contributed by atoms with Crippen LogP contribution in [-0.4, -0.2) is 47.4 Å². The molecule has 0 aromatic rings. The van der Waals surface area contributed by atoms with E-state index in [0.29, 0.717) is 19.4 Å². The Kier molecular flexibility index (Phi) is 65.4. The summed E-state index contributed by atoms with van der Waals surface area (Å²) < 4.78 is 5.43. The van der Waals surface area contributed by atoms with Gasteiger partial charge < -0.3 is 20.3 Å². The molecule has 2 unspecified atom stereocenters. The molecule has 0 heterocycles. The molecule has 6 nitrogen and oxygen atoms in total. The Bertz CT molecular complexity index is 1310. The van der Waals surface area contributed by atoms with Crippen LogP contribution in [0.25, 0.3) is 0 Å². The van der Waals surface area contributed by atoms with Gasteiger partial charge in [0.05, 0.1) is 25.4 Å². The fourth-order valence-electron chi connectivity index (χ4n) is 10.8. The number of ether oxygens (including phenoxy) is 1. The summed E-state index contributed by atoms with van der Waals surface area (Å²) in [6, 6.07) is -0.634. The normalized spacial score (nSPS) is 12.8. The van der Waals surface area contributed by atoms with E-state index in [-0.39, 0.29) is 18.5 Å². The number of carbonyl (C=O) groups is 2. The molecule has 0 aliphatic heterocycles. The molecule has 0 aliphatic carbocycles. The van der Waals surface area contributed by atoms with Crippen LogP contribution in [0.5, 0.6) is 0 Å². The lowest BCUT2D eigenvalue weighted by Gasteiger charge is -2.20. The largest absolute Gasteiger partial charge is 0.465 e. The second kappa shape index (κ2) is 67.3. The molecule has 0 aliphatic rings. The Balaban J connectivity index is 3.47. The molecule has 78 heavy (non-hydrogen) atoms. The lowest BCUT2D eigenvalue weighted by Crippen LogP contribution is -2.45. The highest BCUT2D eigenvalue weighted by molar-refractivity contribution is 5.76. The molecule has 0 spiro atoms. The van der Waals surface area contributed by atoms with Gasteiger partial charge in [0.15, 0.2) is 0 Å². The lowest BCUT2D eigenvalue weighted by molar-refractivity contribution is -0.143. The van der Waals surface area contributed by atoms with Crippen LogP contribution in [0.1, 0.15) is 373 Å². The van der Waals surface area contributed by atoms with Gasteiger partial charge in [-0.05, 0) is 77.0 Å². The maximum Gasteiger partial charge on any atom is 0.305 e. The van der Waals surface area contributed by atoms with Crippen molar-refractivity contribution in [3.8, 4) is 0 Å². The second-order valence-corrected chi connectivity index (χ2v) is 23.9. The molecule has 0 aromatic carbocycles. The minimum absolute atomic E-state index is 0.0384. The molecular formula is C72H135NO5. The number of amides is 1. The van der Waals surface area contributed by atoms with Gasteiger partial charge in [0.2, 0.25) is 5.91 Å². The summed E-state index contributed by atoms with van der Waals surface area (Å²) >= 11 is 0. The number of nitrogens with one attached hydrogen (secondary N) is 1. The molecule has 1 amide bonds. The third-order valence-corrected chi connectivity index (χ3v) is 16.1. The van der Waals surface area contributed by atoms with Gasteiger partial charge in [-0.1, -0.05) is 332 Å². The second-order valence-electron chi connectivity index (χ2n) is 23.9. The molecule has 0 rings (SSSR count). The zero-order chi connectivity index (χ0) is 56.4. The van der Waals surface area contributed by atoms with E-state index in [9.17, 15) is 19.8 Å². The Morgan fingerprint density at radius 3 is 0.987 bits per heavy atom. The van der Waals surface area contributed by atoms with Crippen molar-refractivity contribution in [2.45, 2.75) is 386 Å². The van der Waals surface area contributed by atoms with Crippen molar-refractivity contribution >= 4 is 11.9 Å². The number of unbranched alkanes of at least 4 members (excludes halogenated alkanes) is 48. The SMILES string of the molecule is CCCCCCCCC/C=C\CCCCCCCCCC(=O)OCC/C=C\C/C=C\CCCCCCCCCCCCCCCCC(=O)NC(CO)C(O)/C=C/CCCCCCCCCCCCCCCCCCCCCC. The highest BCUT2D eigenvalue weighted by atomic mass is 16.5. The van der Waals surface area contributed by atoms with Crippen LogP contribution in [0, 0.1) is 0 Å². The summed E-state index contributed by atoms with van der Waals surface area (Å²) in [7, 11) is 0. The first kappa shape index (κ1) is 75.8. The zero-order valence-corrected chi connectivity index (χ0v) is 52.4. The van der Waals surface area contributed by atoms with Crippen molar-refractivity contribution in [3.05, 3.63) is 48.6 Å². The summed E-state index contributed by atoms with van der Waals surface area (Å²) in [6.45, 7) is 4.82. The fourth-order valence-corrected chi connectivity index (χ4v) is 10.8. The highest BCUT2D eigenvalue weighted by Crippen LogP contribution is 2.18. The van der Waals surface area contributed by atoms with Crippen LogP contribution in [0.3, 0.4) is 0 Å². The van der Waals surface area contributed by atoms with Gasteiger partial charge >= 0.3 is 5.97 Å². The number of rotatable bonds is 65. The molecular weight excluding hydrogens is 959 g/mol. The number of hydrogen-bond acceptors (Lipinski definition) is 5. The summed E-state index contributed by atoms with van der Waals surface area (Å²) in [6.07, 6.45) is 87.6. The van der Waals surface area contributed by atoms with Gasteiger partial charge in [-0.25, -0.2) is 0 Å². The minimum Gasteiger partial charge on any atom is -0.465 e. The Hall–Kier alpha value is -2.18. The van der Waals surface area contributed by atoms with Crippen molar-refractivity contribution in [2.24, 2.45) is 0 Å². The van der Waals surface area contributed by atoms with Crippen LogP contribution in [0.15, 0.2) is 48.6 Å². The standard InChI is InChI=1S/C72H135NO5/c1-3-5-7-9-11-13-15-17-19-21-23-24-26-29-32-36-40-44-48-52-56-60-64-70(75)69(68-74)73-71(76)65-61-57-53-49-45-41-37-33-30-27-25-28-31-35-39-43-47-51-55-59-63-67-78-72(77)66-62-58-54-50-46-42-38-34-22-20-18-16-14-12-10-8-6-4-2/h20,22,43,47,55,59-60,64,69-70,74-75H,3-19,21,23-42,44-46,48-54,56-58,61-63,65-68H2,1-2H3,(H,73,76)/b22-20-,47-43-,59-55-,64-60+. The average molecular weight is 1090 g/mol. The topological polar surface area (TPSA) is 95.9 Å². The van der Waals surface area contributed by atoms with Gasteiger partial charge in [0, 0.05) is 12.8 Å². The first-order chi connectivity index (χ1) is 38.5. The molecule has 0 bridgehead atoms. The predicted molar refractivity (Wildman–Crippen MR) is 342 cm³/mol. The van der Waals surface area contributed by atoms with Crippen LogP contribution in [-0.2, 0) is 14.3 Å². The van der Waals surface area contributed by atoms with E-state index in [1.165, 1.54) is 295 Å². The smallest absolute Gasteiger partial charge is 0.305 e. The van der Waals surface area contributed by atoms with Crippen molar-refractivity contribution in [1.29, 1.82) is 0 Å². The Morgan fingerprint density at radius 2 is 0.641 bits per heavy atom. The van der Waals surface area contributed by atoms with Crippen LogP contribution < -0.4 is 5.32 Å². The number of carbonyl (C=O) groups excluding carboxylic acids is 2. The quantitative estimate of drug-likeness (QED) is 0.0320. The number of hydrogen-bond donors (Lipinski definition) is 3. The van der Waals surface area contributed by atoms with E-state index in [1.54, 1.807) is 6.08 Å². The van der Waals surface area contributed by atoms with Crippen molar-refractivity contribution in [3.63, 3.8) is 0 Å². The van der Waals surface area contributed by atoms with Gasteiger partial charge in [0.25, 0.3) is 0 Å². The molecule has 3 N–H and O–H groups in total. The van der Waals surface area contributed by atoms with Gasteiger partial charge in [0.1, 0.15) is 0 Å². The summed E-state index contributed by atoms with van der Waals surface area (Å²) in [4.78, 5) is 24.6. The molecule has 0 aromatic heterocycles. The first-order valence-electron chi connectivity index (χ1n) is 34.9. The number of aliphatic hydroxyl groups excluding tert-OH is 2. The lowest BCUT2D eigenvalue weighted by atomic mass is 10.0. The maximum absolute atomic E-state index is 12.5. The van der Waals surface area contributed by atoms with E-state index in [1.807, 2.05) is 6.08 Å². The van der Waals surface area contributed by atoms with E-state index in [2.05, 4.69) is 55.6 Å². The monoisotopic (exact) mass is 1090 g/mol. The molecule has 0 radical (unpaired) electrons. The molecule has 6 heteroatoms. The molecule has 0 fully saturated rings. The van der Waals surface area contributed by atoms with E-state index in [0.717, 1.165) is 51.4 Å². The van der Waals surface area contributed by atoms with E-state index < -0.39 is 12.1 Å². The van der Waals surface area contributed by atoms with Gasteiger partial charge in [-0.15, -0.1) is 0 Å². The molecule has 458 valence electrons. The van der Waals surface area contributed by atoms with Gasteiger partial charge in [-0.3, -0.25) is 9.59 Å². The number of allylic oxidation sites excluding steroid dienone is 6. The molecule has 0 saturated carbocycles. The summed E-state index contributed by atoms with van der Waals surface area (Å²) in [5, 5.41) is 23.2. The first-order valence-corrected chi connectivity index (χ1v) is 34.9. The van der Waals surface area contributed by atoms with Gasteiger partial charge in [-0.2, -0.15) is 0 Å². The number of aliphatic hydroxyl groups is 2. The Labute approximate surface area is 486 Å². The van der Waals surface area contributed by atoms with Crippen molar-refractivity contribution < 1.29 is 24.5 Å². The Morgan fingerprint density at radius 1 is 0.359 bits per heavy atom. The summed E-state index contributed by atoms with van der Waals surface area (Å²) in [5.74, 6) is -0.108. The van der Waals surface area contributed by atoms with Crippen molar-refractivity contribution in [2.75, 3.05) is 13.2 Å². The van der Waals surface area contributed by atoms with Crippen molar-refractivity contribution in [1.82, 2.24) is 5.32 Å². The minimum atomic E-state index is -0.850. The summed E-state index contributed by atoms with van der Waals surface area (Å²) in [5.41, 5.74) is 0. The number of esters is 1. The average Bonchev–Trinajstić information content (AvgIpc) is 3.44. The third-order valence-electron chi connectivity index (χ3n) is 16.1. The molecule has 2 atom stereocenters. The van der Waals surface area contributed by atoms with E-state index >= 15 is 0 Å². The molecule has 0 saturated heterocycles. The fraction of sp³-hybridized carbons (Fsp3) is 0.861. The third kappa shape index (κ3) is 63.0. The zero-order valence-electron chi connectivity index (χ0n) is 52.4. The van der Waals surface area contributed by atoms with Crippen LogP contribution in [0.2, 0.25) is 0 Å². The highest BCUT2D eigenvalue weighted by Gasteiger charge is 2.18. The van der Waals surface area contributed by atoms with Crippen LogP contribution >= 0.6 is 0 Å². The van der Waals surface area contributed by atoms with E-state index in [4.69, 9.17) is 4.74 Å². The predicted octanol–water partition coefficient (Wildman–Crippen LogP) is 22.5.